The molecule has 1 aliphatic rings. The molecule has 2 N–H and O–H groups in total. The van der Waals surface area contributed by atoms with Crippen LogP contribution in [0.1, 0.15) is 26.0 Å². The fourth-order valence-corrected chi connectivity index (χ4v) is 2.84. The molecule has 0 aliphatic carbocycles. The van der Waals surface area contributed by atoms with Gasteiger partial charge in [-0.15, -0.1) is 11.3 Å². The van der Waals surface area contributed by atoms with Gasteiger partial charge in [0.1, 0.15) is 0 Å². The Morgan fingerprint density at radius 3 is 2.78 bits per heavy atom. The third kappa shape index (κ3) is 4.04. The standard InChI is InChI=1S/C14H18FN3O4S/c1-8(2)11(20)17-13-16-9(6-23-13)5-10(19)18-4-3-14(15,7-18)12(21)22/h6,8H,3-5,7H2,1-2H3,(H,21,22)(H,16,17,20). The van der Waals surface area contributed by atoms with Gasteiger partial charge in [-0.1, -0.05) is 13.8 Å². The van der Waals surface area contributed by atoms with Crippen molar-refractivity contribution in [3.05, 3.63) is 11.1 Å². The van der Waals surface area contributed by atoms with Gasteiger partial charge in [-0.05, 0) is 0 Å². The van der Waals surface area contributed by atoms with E-state index in [1.807, 2.05) is 0 Å². The number of nitrogens with zero attached hydrogens (tertiary/aromatic N) is 2. The Labute approximate surface area is 136 Å². The van der Waals surface area contributed by atoms with Gasteiger partial charge in [0, 0.05) is 24.3 Å². The van der Waals surface area contributed by atoms with Crippen molar-refractivity contribution in [3.63, 3.8) is 0 Å². The zero-order valence-corrected chi connectivity index (χ0v) is 13.7. The van der Waals surface area contributed by atoms with Crippen LogP contribution in [-0.2, 0) is 20.8 Å². The molecule has 1 aromatic heterocycles. The van der Waals surface area contributed by atoms with Crippen LogP contribution in [0, 0.1) is 5.92 Å². The van der Waals surface area contributed by atoms with Crippen LogP contribution in [0.2, 0.25) is 0 Å². The van der Waals surface area contributed by atoms with E-state index < -0.39 is 18.2 Å². The van der Waals surface area contributed by atoms with Crippen LogP contribution in [0.25, 0.3) is 0 Å². The Hall–Kier alpha value is -2.03. The number of aromatic nitrogens is 1. The van der Waals surface area contributed by atoms with E-state index in [0.717, 1.165) is 0 Å². The highest BCUT2D eigenvalue weighted by atomic mass is 32.1. The molecule has 0 radical (unpaired) electrons. The van der Waals surface area contributed by atoms with Crippen molar-refractivity contribution in [1.29, 1.82) is 0 Å². The SMILES string of the molecule is CC(C)C(=O)Nc1nc(CC(=O)N2CCC(F)(C(=O)O)C2)cs1. The molecule has 0 bridgehead atoms. The average Bonchev–Trinajstić information content (AvgIpc) is 3.06. The minimum atomic E-state index is -2.37. The molecule has 7 nitrogen and oxygen atoms in total. The lowest BCUT2D eigenvalue weighted by Gasteiger charge is -2.17. The number of alkyl halides is 1. The number of carbonyl (C=O) groups excluding carboxylic acids is 2. The van der Waals surface area contributed by atoms with Crippen molar-refractivity contribution >= 4 is 34.3 Å². The summed E-state index contributed by atoms with van der Waals surface area (Å²) in [6.45, 7) is 3.14. The number of anilines is 1. The monoisotopic (exact) mass is 343 g/mol. The molecule has 2 amide bonds. The molecule has 0 aromatic carbocycles. The lowest BCUT2D eigenvalue weighted by molar-refractivity contribution is -0.150. The molecule has 1 unspecified atom stereocenters. The van der Waals surface area contributed by atoms with Gasteiger partial charge in [0.05, 0.1) is 18.7 Å². The van der Waals surface area contributed by atoms with Crippen LogP contribution in [0.15, 0.2) is 5.38 Å². The molecule has 126 valence electrons. The van der Waals surface area contributed by atoms with Gasteiger partial charge in [-0.2, -0.15) is 0 Å². The molecule has 1 saturated heterocycles. The summed E-state index contributed by atoms with van der Waals surface area (Å²) in [4.78, 5) is 39.9. The van der Waals surface area contributed by atoms with Crippen LogP contribution in [-0.4, -0.2) is 51.5 Å². The van der Waals surface area contributed by atoms with E-state index in [4.69, 9.17) is 5.11 Å². The fourth-order valence-electron chi connectivity index (χ4n) is 2.12. The van der Waals surface area contributed by atoms with Crippen molar-refractivity contribution in [2.45, 2.75) is 32.4 Å². The summed E-state index contributed by atoms with van der Waals surface area (Å²) in [7, 11) is 0. The van der Waals surface area contributed by atoms with E-state index in [1.165, 1.54) is 16.2 Å². The molecule has 1 fully saturated rings. The van der Waals surface area contributed by atoms with E-state index in [1.54, 1.807) is 19.2 Å². The van der Waals surface area contributed by atoms with Gasteiger partial charge in [-0.25, -0.2) is 14.2 Å². The van der Waals surface area contributed by atoms with Gasteiger partial charge < -0.3 is 15.3 Å². The minimum absolute atomic E-state index is 0.0518. The average molecular weight is 343 g/mol. The highest BCUT2D eigenvalue weighted by Crippen LogP contribution is 2.26. The van der Waals surface area contributed by atoms with E-state index in [-0.39, 0.29) is 37.1 Å². The van der Waals surface area contributed by atoms with Crippen LogP contribution >= 0.6 is 11.3 Å². The third-order valence-electron chi connectivity index (χ3n) is 3.59. The van der Waals surface area contributed by atoms with E-state index in [0.29, 0.717) is 10.8 Å². The summed E-state index contributed by atoms with van der Waals surface area (Å²) in [5, 5.41) is 13.5. The highest BCUT2D eigenvalue weighted by Gasteiger charge is 2.46. The number of halogens is 1. The second kappa shape index (κ2) is 6.61. The maximum absolute atomic E-state index is 14.0. The number of likely N-dealkylation sites (tertiary alicyclic amines) is 1. The first-order valence-corrected chi connectivity index (χ1v) is 8.04. The second-order valence-corrected chi connectivity index (χ2v) is 6.66. The molecule has 23 heavy (non-hydrogen) atoms. The molecule has 0 saturated carbocycles. The zero-order chi connectivity index (χ0) is 17.2. The van der Waals surface area contributed by atoms with E-state index >= 15 is 0 Å². The van der Waals surface area contributed by atoms with E-state index in [2.05, 4.69) is 10.3 Å². The number of hydrogen-bond acceptors (Lipinski definition) is 5. The predicted octanol–water partition coefficient (Wildman–Crippen LogP) is 1.31. The van der Waals surface area contributed by atoms with Crippen LogP contribution in [0.5, 0.6) is 0 Å². The number of carbonyl (C=O) groups is 3. The minimum Gasteiger partial charge on any atom is -0.479 e. The molecular formula is C14H18FN3O4S. The first kappa shape index (κ1) is 17.3. The first-order valence-electron chi connectivity index (χ1n) is 7.16. The van der Waals surface area contributed by atoms with Crippen molar-refractivity contribution in [2.75, 3.05) is 18.4 Å². The fraction of sp³-hybridized carbons (Fsp3) is 0.571. The van der Waals surface area contributed by atoms with Crippen molar-refractivity contribution in [2.24, 2.45) is 5.92 Å². The molecule has 1 aromatic rings. The smallest absolute Gasteiger partial charge is 0.343 e. The number of aliphatic carboxylic acids is 1. The number of carboxylic acids is 1. The number of hydrogen-bond donors (Lipinski definition) is 2. The lowest BCUT2D eigenvalue weighted by Crippen LogP contribution is -2.39. The van der Waals surface area contributed by atoms with Crippen molar-refractivity contribution in [3.8, 4) is 0 Å². The lowest BCUT2D eigenvalue weighted by atomic mass is 10.1. The Morgan fingerprint density at radius 2 is 2.22 bits per heavy atom. The molecule has 0 spiro atoms. The topological polar surface area (TPSA) is 99.6 Å². The third-order valence-corrected chi connectivity index (χ3v) is 4.40. The molecule has 1 atom stereocenters. The van der Waals surface area contributed by atoms with Crippen LogP contribution < -0.4 is 5.32 Å². The molecule has 9 heteroatoms. The summed E-state index contributed by atoms with van der Waals surface area (Å²) >= 11 is 1.20. The Balaban J connectivity index is 1.93. The summed E-state index contributed by atoms with van der Waals surface area (Å²) in [5.41, 5.74) is -1.90. The number of nitrogens with one attached hydrogen (secondary N) is 1. The Kier molecular flexibility index (Phi) is 4.98. The number of rotatable bonds is 5. The predicted molar refractivity (Wildman–Crippen MR) is 82.0 cm³/mol. The summed E-state index contributed by atoms with van der Waals surface area (Å²) in [6.07, 6.45) is -0.259. The number of amides is 2. The summed E-state index contributed by atoms with van der Waals surface area (Å²) < 4.78 is 14.0. The molecule has 2 heterocycles. The maximum atomic E-state index is 14.0. The molecule has 1 aliphatic heterocycles. The van der Waals surface area contributed by atoms with Crippen molar-refractivity contribution in [1.82, 2.24) is 9.88 Å². The Morgan fingerprint density at radius 1 is 1.52 bits per heavy atom. The molecular weight excluding hydrogens is 325 g/mol. The highest BCUT2D eigenvalue weighted by molar-refractivity contribution is 7.13. The normalized spacial score (nSPS) is 20.8. The summed E-state index contributed by atoms with van der Waals surface area (Å²) in [5.74, 6) is -2.26. The largest absolute Gasteiger partial charge is 0.479 e. The van der Waals surface area contributed by atoms with Gasteiger partial charge in [0.15, 0.2) is 5.13 Å². The van der Waals surface area contributed by atoms with Crippen LogP contribution in [0.4, 0.5) is 9.52 Å². The maximum Gasteiger partial charge on any atom is 0.343 e. The zero-order valence-electron chi connectivity index (χ0n) is 12.8. The summed E-state index contributed by atoms with van der Waals surface area (Å²) in [6, 6.07) is 0. The van der Waals surface area contributed by atoms with E-state index in [9.17, 15) is 18.8 Å². The quantitative estimate of drug-likeness (QED) is 0.839. The molecule has 2 rings (SSSR count). The van der Waals surface area contributed by atoms with Crippen molar-refractivity contribution < 1.29 is 23.9 Å². The second-order valence-electron chi connectivity index (χ2n) is 5.80. The first-order chi connectivity index (χ1) is 10.7. The number of carboxylic acid groups (broad SMARTS) is 1. The van der Waals surface area contributed by atoms with Gasteiger partial charge in [-0.3, -0.25) is 9.59 Å². The number of thiazole rings is 1. The Bertz CT molecular complexity index is 633. The van der Waals surface area contributed by atoms with Gasteiger partial charge >= 0.3 is 5.97 Å². The van der Waals surface area contributed by atoms with Gasteiger partial charge in [0.25, 0.3) is 0 Å². The van der Waals surface area contributed by atoms with Gasteiger partial charge in [0.2, 0.25) is 17.5 Å². The van der Waals surface area contributed by atoms with Crippen LogP contribution in [0.3, 0.4) is 0 Å².